The van der Waals surface area contributed by atoms with Crippen LogP contribution >= 0.6 is 11.3 Å². The van der Waals surface area contributed by atoms with Gasteiger partial charge in [-0.1, -0.05) is 0 Å². The van der Waals surface area contributed by atoms with Gasteiger partial charge in [0.05, 0.1) is 11.5 Å². The van der Waals surface area contributed by atoms with Crippen LogP contribution in [-0.4, -0.2) is 57.9 Å². The fourth-order valence-electron chi connectivity index (χ4n) is 3.97. The number of rotatable bonds is 5. The number of carbonyl (C=O) groups excluding carboxylic acids is 1. The Morgan fingerprint density at radius 3 is 2.74 bits per heavy atom. The smallest absolute Gasteiger partial charge is 0.261 e. The molecule has 1 fully saturated rings. The van der Waals surface area contributed by atoms with Crippen molar-refractivity contribution in [2.24, 2.45) is 0 Å². The summed E-state index contributed by atoms with van der Waals surface area (Å²) in [6, 6.07) is 2.23. The number of ether oxygens (including phenoxy) is 1. The molecule has 2 aliphatic heterocycles. The second-order valence-electron chi connectivity index (χ2n) is 7.73. The molecule has 1 saturated heterocycles. The van der Waals surface area contributed by atoms with Crippen LogP contribution in [0.5, 0.6) is 0 Å². The van der Waals surface area contributed by atoms with Gasteiger partial charge in [-0.15, -0.1) is 21.5 Å². The summed E-state index contributed by atoms with van der Waals surface area (Å²) in [5.41, 5.74) is 1.10. The minimum atomic E-state index is -0.207. The maximum Gasteiger partial charge on any atom is 0.261 e. The number of thiophene rings is 1. The van der Waals surface area contributed by atoms with Gasteiger partial charge < -0.3 is 19.5 Å². The Labute approximate surface area is 163 Å². The predicted molar refractivity (Wildman–Crippen MR) is 104 cm³/mol. The normalized spacial score (nSPS) is 19.4. The molecule has 0 aromatic carbocycles. The fraction of sp³-hybridized carbons (Fsp3) is 0.632. The van der Waals surface area contributed by atoms with Gasteiger partial charge >= 0.3 is 0 Å². The molecule has 0 bridgehead atoms. The lowest BCUT2D eigenvalue weighted by molar-refractivity contribution is -0.0952. The van der Waals surface area contributed by atoms with Gasteiger partial charge in [0.2, 0.25) is 0 Å². The number of nitrogens with one attached hydrogen (secondary N) is 1. The topological polar surface area (TPSA) is 72.3 Å². The molecule has 1 spiro atoms. The molecule has 0 atom stereocenters. The zero-order chi connectivity index (χ0) is 18.9. The number of hydrogen-bond donors (Lipinski definition) is 1. The van der Waals surface area contributed by atoms with Crippen LogP contribution in [0.25, 0.3) is 0 Å². The third-order valence-corrected chi connectivity index (χ3v) is 6.78. The van der Waals surface area contributed by atoms with Crippen LogP contribution in [0.15, 0.2) is 18.7 Å². The van der Waals surface area contributed by atoms with Gasteiger partial charge in [0.25, 0.3) is 5.91 Å². The van der Waals surface area contributed by atoms with E-state index in [1.807, 2.05) is 18.4 Å². The number of likely N-dealkylation sites (tertiary alicyclic amines) is 1. The Morgan fingerprint density at radius 2 is 2.04 bits per heavy atom. The molecular formula is C19H27N5O2S. The number of carbonyl (C=O) groups is 1. The molecule has 2 aliphatic rings. The number of amides is 1. The van der Waals surface area contributed by atoms with E-state index in [0.29, 0.717) is 0 Å². The van der Waals surface area contributed by atoms with E-state index in [9.17, 15) is 4.79 Å². The first kappa shape index (κ1) is 18.6. The number of fused-ring (bicyclic) bond motifs is 2. The van der Waals surface area contributed by atoms with Gasteiger partial charge in [0.15, 0.2) is 0 Å². The van der Waals surface area contributed by atoms with Crippen LogP contribution in [0.4, 0.5) is 0 Å². The van der Waals surface area contributed by atoms with Crippen LogP contribution in [0.3, 0.4) is 0 Å². The molecule has 0 aliphatic carbocycles. The molecule has 7 nitrogen and oxygen atoms in total. The molecular weight excluding hydrogens is 362 g/mol. The third-order valence-electron chi connectivity index (χ3n) is 5.42. The first-order valence-corrected chi connectivity index (χ1v) is 10.5. The van der Waals surface area contributed by atoms with Crippen molar-refractivity contribution in [1.82, 2.24) is 25.0 Å². The summed E-state index contributed by atoms with van der Waals surface area (Å²) < 4.78 is 8.34. The summed E-state index contributed by atoms with van der Waals surface area (Å²) in [5, 5.41) is 10.7. The van der Waals surface area contributed by atoms with Crippen molar-refractivity contribution in [2.75, 3.05) is 26.2 Å². The Kier molecular flexibility index (Phi) is 5.29. The van der Waals surface area contributed by atoms with Crippen LogP contribution < -0.4 is 5.32 Å². The zero-order valence-corrected chi connectivity index (χ0v) is 16.8. The van der Waals surface area contributed by atoms with Crippen molar-refractivity contribution in [3.8, 4) is 0 Å². The lowest BCUT2D eigenvalue weighted by Gasteiger charge is -2.43. The van der Waals surface area contributed by atoms with Gasteiger partial charge in [-0.3, -0.25) is 4.79 Å². The second kappa shape index (κ2) is 7.69. The van der Waals surface area contributed by atoms with E-state index >= 15 is 0 Å². The van der Waals surface area contributed by atoms with E-state index in [4.69, 9.17) is 4.74 Å². The van der Waals surface area contributed by atoms with Gasteiger partial charge in [-0.05, 0) is 44.7 Å². The minimum Gasteiger partial charge on any atom is -0.369 e. The van der Waals surface area contributed by atoms with Crippen molar-refractivity contribution < 1.29 is 9.53 Å². The molecule has 2 aromatic heterocycles. The Bertz CT molecular complexity index is 778. The first-order chi connectivity index (χ1) is 13.1. The predicted octanol–water partition coefficient (Wildman–Crippen LogP) is 2.04. The average Bonchev–Trinajstić information content (AvgIpc) is 3.31. The fourth-order valence-corrected chi connectivity index (χ4v) is 5.28. The van der Waals surface area contributed by atoms with E-state index in [2.05, 4.69) is 26.5 Å². The number of aromatic nitrogens is 3. The summed E-state index contributed by atoms with van der Waals surface area (Å²) in [5.74, 6) is 0.0333. The zero-order valence-electron chi connectivity index (χ0n) is 16.0. The molecule has 4 rings (SSSR count). The van der Waals surface area contributed by atoms with Gasteiger partial charge in [0.1, 0.15) is 18.3 Å². The lowest BCUT2D eigenvalue weighted by atomic mass is 9.85. The number of hydrogen-bond acceptors (Lipinski definition) is 6. The molecule has 0 saturated carbocycles. The highest BCUT2D eigenvalue weighted by Crippen LogP contribution is 2.45. The van der Waals surface area contributed by atoms with Gasteiger partial charge in [0, 0.05) is 37.1 Å². The largest absolute Gasteiger partial charge is 0.369 e. The van der Waals surface area contributed by atoms with E-state index in [1.165, 1.54) is 10.4 Å². The van der Waals surface area contributed by atoms with Crippen LogP contribution in [0.2, 0.25) is 0 Å². The summed E-state index contributed by atoms with van der Waals surface area (Å²) in [6.07, 6.45) is 6.39. The van der Waals surface area contributed by atoms with Gasteiger partial charge in [-0.2, -0.15) is 0 Å². The van der Waals surface area contributed by atoms with Crippen molar-refractivity contribution in [1.29, 1.82) is 0 Å². The van der Waals surface area contributed by atoms with Crippen molar-refractivity contribution in [3.63, 3.8) is 0 Å². The van der Waals surface area contributed by atoms with Crippen LogP contribution in [-0.2, 0) is 23.3 Å². The summed E-state index contributed by atoms with van der Waals surface area (Å²) >= 11 is 1.63. The molecule has 8 heteroatoms. The Hall–Kier alpha value is -1.77. The maximum absolute atomic E-state index is 12.4. The standard InChI is InChI=1S/C19H27N5O2S/c1-14(2)22-18(25)16-11-15-3-10-26-19(17(15)27-16)4-6-23(7-5-19)8-9-24-12-20-21-13-24/h11-14H,3-10H2,1-2H3,(H,22,25). The monoisotopic (exact) mass is 389 g/mol. The second-order valence-corrected chi connectivity index (χ2v) is 8.78. The summed E-state index contributed by atoms with van der Waals surface area (Å²) in [7, 11) is 0. The average molecular weight is 390 g/mol. The molecule has 4 heterocycles. The summed E-state index contributed by atoms with van der Waals surface area (Å²) in [6.45, 7) is 8.64. The Morgan fingerprint density at radius 1 is 1.30 bits per heavy atom. The summed E-state index contributed by atoms with van der Waals surface area (Å²) in [4.78, 5) is 17.0. The number of piperidine rings is 1. The first-order valence-electron chi connectivity index (χ1n) is 9.68. The van der Waals surface area contributed by atoms with Crippen molar-refractivity contribution in [2.45, 2.75) is 51.3 Å². The van der Waals surface area contributed by atoms with E-state index in [0.717, 1.165) is 56.9 Å². The van der Waals surface area contributed by atoms with E-state index < -0.39 is 0 Å². The van der Waals surface area contributed by atoms with E-state index in [1.54, 1.807) is 24.0 Å². The number of nitrogens with zero attached hydrogens (tertiary/aromatic N) is 4. The highest BCUT2D eigenvalue weighted by molar-refractivity contribution is 7.14. The molecule has 2 aromatic rings. The Balaban J connectivity index is 1.43. The quantitative estimate of drug-likeness (QED) is 0.847. The van der Waals surface area contributed by atoms with E-state index in [-0.39, 0.29) is 17.6 Å². The molecule has 1 N–H and O–H groups in total. The molecule has 1 amide bonds. The maximum atomic E-state index is 12.4. The SMILES string of the molecule is CC(C)NC(=O)c1cc2c(s1)C1(CCN(CCn3cnnc3)CC1)OCC2. The molecule has 0 unspecified atom stereocenters. The van der Waals surface area contributed by atoms with Crippen LogP contribution in [0.1, 0.15) is 46.8 Å². The minimum absolute atomic E-state index is 0.0333. The highest BCUT2D eigenvalue weighted by atomic mass is 32.1. The molecule has 0 radical (unpaired) electrons. The third kappa shape index (κ3) is 3.93. The van der Waals surface area contributed by atoms with Crippen LogP contribution in [0, 0.1) is 0 Å². The highest BCUT2D eigenvalue weighted by Gasteiger charge is 2.42. The van der Waals surface area contributed by atoms with Crippen molar-refractivity contribution >= 4 is 17.2 Å². The lowest BCUT2D eigenvalue weighted by Crippen LogP contribution is -2.46. The molecule has 146 valence electrons. The van der Waals surface area contributed by atoms with Crippen molar-refractivity contribution in [3.05, 3.63) is 34.0 Å². The molecule has 27 heavy (non-hydrogen) atoms. The van der Waals surface area contributed by atoms with Gasteiger partial charge in [-0.25, -0.2) is 0 Å².